The lowest BCUT2D eigenvalue weighted by molar-refractivity contribution is 0.0693. The van der Waals surface area contributed by atoms with E-state index in [1.54, 1.807) is 12.1 Å². The van der Waals surface area contributed by atoms with E-state index in [0.29, 0.717) is 5.75 Å². The number of carbonyl (C=O) groups is 1. The van der Waals surface area contributed by atoms with Crippen LogP contribution in [0, 0.1) is 5.92 Å². The Morgan fingerprint density at radius 1 is 1.40 bits per heavy atom. The molecule has 0 unspecified atom stereocenters. The zero-order valence-electron chi connectivity index (χ0n) is 12.3. The number of nitrogens with zero attached hydrogens (tertiary/aromatic N) is 1. The van der Waals surface area contributed by atoms with Gasteiger partial charge in [0, 0.05) is 6.54 Å². The number of ether oxygens (including phenoxy) is 1. The number of carboxylic acid groups (broad SMARTS) is 1. The lowest BCUT2D eigenvalue weighted by Crippen LogP contribution is -2.33. The summed E-state index contributed by atoms with van der Waals surface area (Å²) >= 11 is 0. The van der Waals surface area contributed by atoms with E-state index in [1.807, 2.05) is 6.07 Å². The predicted octanol–water partition coefficient (Wildman–Crippen LogP) is 3.02. The van der Waals surface area contributed by atoms with Crippen LogP contribution in [0.1, 0.15) is 42.1 Å². The van der Waals surface area contributed by atoms with Crippen LogP contribution in [0.25, 0.3) is 0 Å². The largest absolute Gasteiger partial charge is 0.496 e. The van der Waals surface area contributed by atoms with Crippen molar-refractivity contribution in [2.24, 2.45) is 5.92 Å². The van der Waals surface area contributed by atoms with E-state index in [4.69, 9.17) is 4.74 Å². The fourth-order valence-electron chi connectivity index (χ4n) is 2.83. The van der Waals surface area contributed by atoms with Gasteiger partial charge in [0.05, 0.1) is 7.11 Å². The number of likely N-dealkylation sites (tertiary alicyclic amines) is 1. The van der Waals surface area contributed by atoms with Crippen molar-refractivity contribution < 1.29 is 14.6 Å². The Labute approximate surface area is 120 Å². The Kier molecular flexibility index (Phi) is 5.01. The maximum Gasteiger partial charge on any atom is 0.339 e. The summed E-state index contributed by atoms with van der Waals surface area (Å²) in [5, 5.41) is 9.20. The number of benzene rings is 1. The van der Waals surface area contributed by atoms with Gasteiger partial charge in [-0.05, 0) is 49.5 Å². The van der Waals surface area contributed by atoms with Crippen LogP contribution in [-0.4, -0.2) is 36.2 Å². The summed E-state index contributed by atoms with van der Waals surface area (Å²) in [5.41, 5.74) is 1.28. The normalized spacial score (nSPS) is 17.1. The molecular formula is C16H23NO3. The Balaban J connectivity index is 2.03. The summed E-state index contributed by atoms with van der Waals surface area (Å²) in [5.74, 6) is 0.344. The van der Waals surface area contributed by atoms with Gasteiger partial charge in [0.2, 0.25) is 0 Å². The van der Waals surface area contributed by atoms with E-state index < -0.39 is 5.97 Å². The van der Waals surface area contributed by atoms with E-state index in [9.17, 15) is 9.90 Å². The molecule has 4 nitrogen and oxygen atoms in total. The zero-order chi connectivity index (χ0) is 14.5. The maximum atomic E-state index is 11.2. The van der Waals surface area contributed by atoms with Crippen LogP contribution in [-0.2, 0) is 6.54 Å². The van der Waals surface area contributed by atoms with Crippen molar-refractivity contribution in [2.75, 3.05) is 20.2 Å². The Bertz CT molecular complexity index is 465. The molecule has 4 heteroatoms. The number of hydrogen-bond acceptors (Lipinski definition) is 3. The van der Waals surface area contributed by atoms with Gasteiger partial charge in [-0.3, -0.25) is 4.90 Å². The summed E-state index contributed by atoms with van der Waals surface area (Å²) < 4.78 is 5.09. The highest BCUT2D eigenvalue weighted by atomic mass is 16.5. The number of rotatable bonds is 5. The maximum absolute atomic E-state index is 11.2. The molecule has 0 saturated carbocycles. The summed E-state index contributed by atoms with van der Waals surface area (Å²) in [4.78, 5) is 13.6. The zero-order valence-corrected chi connectivity index (χ0v) is 12.3. The molecule has 0 aliphatic carbocycles. The molecule has 1 aromatic carbocycles. The third-order valence-electron chi connectivity index (χ3n) is 4.18. The highest BCUT2D eigenvalue weighted by Gasteiger charge is 2.18. The van der Waals surface area contributed by atoms with Crippen LogP contribution in [0.15, 0.2) is 18.2 Å². The summed E-state index contributed by atoms with van der Waals surface area (Å²) in [6.45, 7) is 5.28. The number of hydrogen-bond donors (Lipinski definition) is 1. The minimum Gasteiger partial charge on any atom is -0.496 e. The number of carboxylic acids is 1. The van der Waals surface area contributed by atoms with Gasteiger partial charge in [-0.15, -0.1) is 0 Å². The van der Waals surface area contributed by atoms with Crippen LogP contribution < -0.4 is 4.74 Å². The molecule has 20 heavy (non-hydrogen) atoms. The van der Waals surface area contributed by atoms with Gasteiger partial charge >= 0.3 is 5.97 Å². The molecule has 0 aromatic heterocycles. The second kappa shape index (κ2) is 6.75. The van der Waals surface area contributed by atoms with Crippen LogP contribution >= 0.6 is 0 Å². The smallest absolute Gasteiger partial charge is 0.339 e. The number of aromatic carboxylic acids is 1. The first-order valence-electron chi connectivity index (χ1n) is 7.26. The molecule has 0 spiro atoms. The van der Waals surface area contributed by atoms with E-state index in [2.05, 4.69) is 11.8 Å². The van der Waals surface area contributed by atoms with Crippen LogP contribution in [0.2, 0.25) is 0 Å². The fourth-order valence-corrected chi connectivity index (χ4v) is 2.83. The molecule has 110 valence electrons. The first-order chi connectivity index (χ1) is 9.63. The topological polar surface area (TPSA) is 49.8 Å². The minimum atomic E-state index is -0.937. The van der Waals surface area contributed by atoms with Crippen molar-refractivity contribution in [1.82, 2.24) is 4.90 Å². The van der Waals surface area contributed by atoms with Crippen LogP contribution in [0.3, 0.4) is 0 Å². The van der Waals surface area contributed by atoms with Gasteiger partial charge in [-0.1, -0.05) is 19.4 Å². The van der Waals surface area contributed by atoms with Crippen molar-refractivity contribution >= 4 is 5.97 Å². The Morgan fingerprint density at radius 2 is 2.10 bits per heavy atom. The van der Waals surface area contributed by atoms with Crippen LogP contribution in [0.4, 0.5) is 0 Å². The average molecular weight is 277 g/mol. The highest BCUT2D eigenvalue weighted by molar-refractivity contribution is 5.91. The predicted molar refractivity (Wildman–Crippen MR) is 78.2 cm³/mol. The third kappa shape index (κ3) is 3.51. The van der Waals surface area contributed by atoms with E-state index >= 15 is 0 Å². The lowest BCUT2D eigenvalue weighted by Gasteiger charge is -2.31. The molecule has 1 aliphatic rings. The molecule has 1 saturated heterocycles. The molecule has 1 fully saturated rings. The molecule has 1 aromatic rings. The monoisotopic (exact) mass is 277 g/mol. The summed E-state index contributed by atoms with van der Waals surface area (Å²) in [6, 6.07) is 5.43. The fraction of sp³-hybridized carbons (Fsp3) is 0.562. The molecule has 0 radical (unpaired) electrons. The van der Waals surface area contributed by atoms with E-state index in [0.717, 1.165) is 31.1 Å². The molecule has 1 aliphatic heterocycles. The standard InChI is InChI=1S/C16H23NO3/c1-3-12-6-8-17(9-7-12)11-13-4-5-15(20-2)14(10-13)16(18)19/h4-5,10,12H,3,6-9,11H2,1-2H3,(H,18,19). The quantitative estimate of drug-likeness (QED) is 0.899. The molecule has 1 heterocycles. The molecule has 0 bridgehead atoms. The van der Waals surface area contributed by atoms with Gasteiger partial charge in [0.15, 0.2) is 0 Å². The van der Waals surface area contributed by atoms with Gasteiger partial charge in [0.25, 0.3) is 0 Å². The van der Waals surface area contributed by atoms with Crippen molar-refractivity contribution in [3.05, 3.63) is 29.3 Å². The molecule has 1 N–H and O–H groups in total. The molecular weight excluding hydrogens is 254 g/mol. The van der Waals surface area contributed by atoms with Gasteiger partial charge in [-0.25, -0.2) is 4.79 Å². The van der Waals surface area contributed by atoms with Gasteiger partial charge in [0.1, 0.15) is 11.3 Å². The molecule has 0 amide bonds. The molecule has 2 rings (SSSR count). The third-order valence-corrected chi connectivity index (χ3v) is 4.18. The van der Waals surface area contributed by atoms with Gasteiger partial charge in [-0.2, -0.15) is 0 Å². The summed E-state index contributed by atoms with van der Waals surface area (Å²) in [6.07, 6.45) is 3.76. The first kappa shape index (κ1) is 14.9. The number of piperidine rings is 1. The minimum absolute atomic E-state index is 0.244. The second-order valence-corrected chi connectivity index (χ2v) is 5.47. The molecule has 0 atom stereocenters. The number of methoxy groups -OCH3 is 1. The van der Waals surface area contributed by atoms with Crippen molar-refractivity contribution in [3.63, 3.8) is 0 Å². The Hall–Kier alpha value is -1.55. The van der Waals surface area contributed by atoms with Crippen molar-refractivity contribution in [3.8, 4) is 5.75 Å². The van der Waals surface area contributed by atoms with Crippen LogP contribution in [0.5, 0.6) is 5.75 Å². The highest BCUT2D eigenvalue weighted by Crippen LogP contribution is 2.24. The Morgan fingerprint density at radius 3 is 2.65 bits per heavy atom. The summed E-state index contributed by atoms with van der Waals surface area (Å²) in [7, 11) is 1.50. The van der Waals surface area contributed by atoms with Crippen molar-refractivity contribution in [1.29, 1.82) is 0 Å². The average Bonchev–Trinajstić information content (AvgIpc) is 2.48. The van der Waals surface area contributed by atoms with Gasteiger partial charge < -0.3 is 9.84 Å². The van der Waals surface area contributed by atoms with E-state index in [1.165, 1.54) is 26.4 Å². The van der Waals surface area contributed by atoms with E-state index in [-0.39, 0.29) is 5.56 Å². The van der Waals surface area contributed by atoms with Crippen molar-refractivity contribution in [2.45, 2.75) is 32.7 Å². The second-order valence-electron chi connectivity index (χ2n) is 5.47. The first-order valence-corrected chi connectivity index (χ1v) is 7.26. The lowest BCUT2D eigenvalue weighted by atomic mass is 9.94. The SMILES string of the molecule is CCC1CCN(Cc2ccc(OC)c(C(=O)O)c2)CC1.